The lowest BCUT2D eigenvalue weighted by atomic mass is 10.3. The van der Waals surface area contributed by atoms with Gasteiger partial charge in [0.25, 0.3) is 0 Å². The highest BCUT2D eigenvalue weighted by Gasteiger charge is 2.07. The van der Waals surface area contributed by atoms with E-state index in [1.807, 2.05) is 29.6 Å². The number of hydrogen-bond donors (Lipinski definition) is 1. The van der Waals surface area contributed by atoms with Gasteiger partial charge in [0.2, 0.25) is 5.91 Å². The molecule has 3 rings (SSSR count). The maximum atomic E-state index is 12.0. The summed E-state index contributed by atoms with van der Waals surface area (Å²) in [6.07, 6.45) is 0. The smallest absolute Gasteiger partial charge is 0.234 e. The topological polar surface area (TPSA) is 54.9 Å². The highest BCUT2D eigenvalue weighted by atomic mass is 35.5. The van der Waals surface area contributed by atoms with E-state index in [4.69, 9.17) is 23.2 Å². The monoisotopic (exact) mass is 395 g/mol. The molecule has 2 heterocycles. The van der Waals surface area contributed by atoms with Crippen molar-refractivity contribution >= 4 is 57.9 Å². The summed E-state index contributed by atoms with van der Waals surface area (Å²) < 4.78 is 0. The van der Waals surface area contributed by atoms with Crippen LogP contribution in [0.3, 0.4) is 0 Å². The van der Waals surface area contributed by atoms with Crippen molar-refractivity contribution in [2.24, 2.45) is 0 Å². The first kappa shape index (κ1) is 17.2. The molecule has 0 radical (unpaired) electrons. The average molecular weight is 396 g/mol. The number of carbonyl (C=O) groups is 1. The highest BCUT2D eigenvalue weighted by molar-refractivity contribution is 7.99. The van der Waals surface area contributed by atoms with E-state index < -0.39 is 0 Å². The molecule has 0 saturated carbocycles. The fraction of sp³-hybridized carbons (Fsp3) is 0.0625. The number of rotatable bonds is 5. The van der Waals surface area contributed by atoms with E-state index in [1.165, 1.54) is 11.8 Å². The van der Waals surface area contributed by atoms with Crippen LogP contribution in [0.25, 0.3) is 10.6 Å². The number of amides is 1. The van der Waals surface area contributed by atoms with Gasteiger partial charge >= 0.3 is 0 Å². The Labute approximate surface area is 157 Å². The molecule has 0 saturated heterocycles. The molecule has 122 valence electrons. The van der Waals surface area contributed by atoms with Crippen LogP contribution in [0.15, 0.2) is 52.9 Å². The van der Waals surface area contributed by atoms with Gasteiger partial charge < -0.3 is 5.32 Å². The van der Waals surface area contributed by atoms with Crippen LogP contribution in [0.2, 0.25) is 10.0 Å². The molecule has 0 aliphatic heterocycles. The van der Waals surface area contributed by atoms with Gasteiger partial charge in [-0.3, -0.25) is 4.79 Å². The minimum Gasteiger partial charge on any atom is -0.325 e. The van der Waals surface area contributed by atoms with Crippen molar-refractivity contribution in [3.05, 3.63) is 57.9 Å². The Morgan fingerprint density at radius 3 is 2.54 bits per heavy atom. The van der Waals surface area contributed by atoms with Gasteiger partial charge in [0.05, 0.1) is 10.6 Å². The Morgan fingerprint density at radius 2 is 1.92 bits per heavy atom. The van der Waals surface area contributed by atoms with Crippen LogP contribution in [0, 0.1) is 0 Å². The fourth-order valence-corrected chi connectivity index (χ4v) is 3.75. The molecular formula is C16H11Cl2N3OS2. The summed E-state index contributed by atoms with van der Waals surface area (Å²) in [6.45, 7) is 0. The normalized spacial score (nSPS) is 10.6. The zero-order chi connectivity index (χ0) is 16.9. The lowest BCUT2D eigenvalue weighted by Crippen LogP contribution is -2.14. The first-order valence-electron chi connectivity index (χ1n) is 6.86. The number of halogens is 2. The third kappa shape index (κ3) is 4.70. The molecule has 1 aromatic carbocycles. The van der Waals surface area contributed by atoms with Crippen molar-refractivity contribution in [3.63, 3.8) is 0 Å². The predicted molar refractivity (Wildman–Crippen MR) is 101 cm³/mol. The number of carbonyl (C=O) groups excluding carboxylic acids is 1. The molecule has 0 spiro atoms. The van der Waals surface area contributed by atoms with E-state index in [2.05, 4.69) is 15.5 Å². The number of hydrogen-bond acceptors (Lipinski definition) is 5. The van der Waals surface area contributed by atoms with Crippen LogP contribution in [-0.4, -0.2) is 21.9 Å². The van der Waals surface area contributed by atoms with Gasteiger partial charge in [0.15, 0.2) is 0 Å². The number of nitrogens with one attached hydrogen (secondary N) is 1. The molecule has 0 fully saturated rings. The summed E-state index contributed by atoms with van der Waals surface area (Å²) in [7, 11) is 0. The second kappa shape index (κ2) is 7.98. The van der Waals surface area contributed by atoms with Crippen molar-refractivity contribution < 1.29 is 4.79 Å². The number of aromatic nitrogens is 2. The van der Waals surface area contributed by atoms with Gasteiger partial charge in [-0.2, -0.15) is 0 Å². The van der Waals surface area contributed by atoms with Crippen LogP contribution in [0.5, 0.6) is 0 Å². The second-order valence-corrected chi connectivity index (χ2v) is 7.55. The maximum absolute atomic E-state index is 12.0. The highest BCUT2D eigenvalue weighted by Crippen LogP contribution is 2.25. The molecule has 0 atom stereocenters. The van der Waals surface area contributed by atoms with Crippen molar-refractivity contribution in [3.8, 4) is 10.6 Å². The van der Waals surface area contributed by atoms with Gasteiger partial charge in [-0.05, 0) is 41.8 Å². The zero-order valence-corrected chi connectivity index (χ0v) is 15.3. The maximum Gasteiger partial charge on any atom is 0.234 e. The largest absolute Gasteiger partial charge is 0.325 e. The third-order valence-corrected chi connectivity index (χ3v) is 5.16. The minimum atomic E-state index is -0.164. The molecule has 0 aliphatic rings. The zero-order valence-electron chi connectivity index (χ0n) is 12.2. The van der Waals surface area contributed by atoms with E-state index in [0.717, 1.165) is 10.6 Å². The quantitative estimate of drug-likeness (QED) is 0.599. The summed E-state index contributed by atoms with van der Waals surface area (Å²) in [6, 6.07) is 12.6. The van der Waals surface area contributed by atoms with Crippen molar-refractivity contribution in [1.29, 1.82) is 0 Å². The van der Waals surface area contributed by atoms with Gasteiger partial charge in [-0.1, -0.05) is 41.0 Å². The molecule has 0 bridgehead atoms. The molecule has 3 aromatic rings. The van der Waals surface area contributed by atoms with E-state index >= 15 is 0 Å². The summed E-state index contributed by atoms with van der Waals surface area (Å²) in [5.41, 5.74) is 1.39. The molecule has 4 nitrogen and oxygen atoms in total. The summed E-state index contributed by atoms with van der Waals surface area (Å²) in [5.74, 6) is 0.0550. The lowest BCUT2D eigenvalue weighted by molar-refractivity contribution is -0.113. The van der Waals surface area contributed by atoms with Crippen LogP contribution in [-0.2, 0) is 4.79 Å². The summed E-state index contributed by atoms with van der Waals surface area (Å²) in [4.78, 5) is 13.1. The third-order valence-electron chi connectivity index (χ3n) is 2.91. The second-order valence-electron chi connectivity index (χ2n) is 4.73. The van der Waals surface area contributed by atoms with Crippen molar-refractivity contribution in [2.75, 3.05) is 11.1 Å². The summed E-state index contributed by atoms with van der Waals surface area (Å²) in [5, 5.41) is 14.7. The van der Waals surface area contributed by atoms with Gasteiger partial charge in [-0.25, -0.2) is 0 Å². The Kier molecular flexibility index (Phi) is 5.73. The van der Waals surface area contributed by atoms with Crippen LogP contribution in [0.1, 0.15) is 0 Å². The Hall–Kier alpha value is -1.60. The SMILES string of the molecule is O=C(CSc1ccc(-c2cccs2)nn1)Nc1cc(Cl)cc(Cl)c1. The van der Waals surface area contributed by atoms with Gasteiger partial charge in [0, 0.05) is 15.7 Å². The van der Waals surface area contributed by atoms with Gasteiger partial charge in [0.1, 0.15) is 10.7 Å². The van der Waals surface area contributed by atoms with E-state index in [1.54, 1.807) is 29.5 Å². The van der Waals surface area contributed by atoms with Crippen LogP contribution < -0.4 is 5.32 Å². The van der Waals surface area contributed by atoms with Crippen LogP contribution in [0.4, 0.5) is 5.69 Å². The first-order chi connectivity index (χ1) is 11.6. The number of nitrogens with zero attached hydrogens (tertiary/aromatic N) is 2. The molecule has 1 amide bonds. The Bertz CT molecular complexity index is 819. The standard InChI is InChI=1S/C16H11Cl2N3OS2/c17-10-6-11(18)8-12(7-10)19-15(22)9-24-16-4-3-13(20-21-16)14-2-1-5-23-14/h1-8H,9H2,(H,19,22). The molecule has 2 aromatic heterocycles. The molecule has 1 N–H and O–H groups in total. The molecule has 8 heteroatoms. The number of thioether (sulfide) groups is 1. The minimum absolute atomic E-state index is 0.164. The molecular weight excluding hydrogens is 385 g/mol. The van der Waals surface area contributed by atoms with Crippen molar-refractivity contribution in [1.82, 2.24) is 10.2 Å². The molecule has 0 unspecified atom stereocenters. The number of thiophene rings is 1. The Balaban J connectivity index is 1.56. The predicted octanol–water partition coefficient (Wildman–Crippen LogP) is 5.24. The molecule has 0 aliphatic carbocycles. The van der Waals surface area contributed by atoms with E-state index in [9.17, 15) is 4.79 Å². The van der Waals surface area contributed by atoms with E-state index in [-0.39, 0.29) is 11.7 Å². The first-order valence-corrected chi connectivity index (χ1v) is 9.48. The summed E-state index contributed by atoms with van der Waals surface area (Å²) >= 11 is 14.7. The lowest BCUT2D eigenvalue weighted by Gasteiger charge is -2.06. The Morgan fingerprint density at radius 1 is 1.12 bits per heavy atom. The number of benzene rings is 1. The van der Waals surface area contributed by atoms with Crippen LogP contribution >= 0.6 is 46.3 Å². The van der Waals surface area contributed by atoms with Crippen molar-refractivity contribution in [2.45, 2.75) is 5.03 Å². The molecule has 24 heavy (non-hydrogen) atoms. The average Bonchev–Trinajstić information content (AvgIpc) is 3.07. The fourth-order valence-electron chi connectivity index (χ4n) is 1.92. The number of anilines is 1. The van der Waals surface area contributed by atoms with Gasteiger partial charge in [-0.15, -0.1) is 21.5 Å². The van der Waals surface area contributed by atoms with E-state index in [0.29, 0.717) is 20.8 Å².